The van der Waals surface area contributed by atoms with Crippen molar-refractivity contribution in [1.82, 2.24) is 9.38 Å². The number of nitrogens with zero attached hydrogens (tertiary/aromatic N) is 2. The van der Waals surface area contributed by atoms with Crippen molar-refractivity contribution in [2.75, 3.05) is 5.32 Å². The van der Waals surface area contributed by atoms with Crippen LogP contribution in [0.2, 0.25) is 0 Å². The van der Waals surface area contributed by atoms with Crippen LogP contribution < -0.4 is 5.32 Å². The van der Waals surface area contributed by atoms with Crippen molar-refractivity contribution in [3.63, 3.8) is 0 Å². The average Bonchev–Trinajstić information content (AvgIpc) is 3.07. The lowest BCUT2D eigenvalue weighted by Gasteiger charge is -2.07. The fraction of sp³-hybridized carbons (Fsp3) is 0.143. The van der Waals surface area contributed by atoms with Gasteiger partial charge in [-0.05, 0) is 11.6 Å². The molecule has 1 amide bonds. The summed E-state index contributed by atoms with van der Waals surface area (Å²) in [5.74, 6) is -0.0395. The largest absolute Gasteiger partial charge is 0.325 e. The molecule has 0 saturated heterocycles. The second-order valence-corrected chi connectivity index (χ2v) is 5.51. The molecule has 0 fully saturated rings. The zero-order valence-corrected chi connectivity index (χ0v) is 10.9. The smallest absolute Gasteiger partial charge is 0.232 e. The SMILES string of the molecule is O=C1Nc2ccccc2C1Cc1cnc2sccn12. The number of benzene rings is 1. The second-order valence-electron chi connectivity index (χ2n) is 4.64. The molecule has 1 aromatic carbocycles. The molecular formula is C14H11N3OS. The predicted molar refractivity (Wildman–Crippen MR) is 74.6 cm³/mol. The summed E-state index contributed by atoms with van der Waals surface area (Å²) in [6, 6.07) is 7.88. The van der Waals surface area contributed by atoms with Crippen molar-refractivity contribution in [1.29, 1.82) is 0 Å². The van der Waals surface area contributed by atoms with Crippen molar-refractivity contribution >= 4 is 27.9 Å². The van der Waals surface area contributed by atoms with Gasteiger partial charge in [-0.15, -0.1) is 11.3 Å². The first kappa shape index (κ1) is 10.8. The van der Waals surface area contributed by atoms with Crippen molar-refractivity contribution in [3.8, 4) is 0 Å². The van der Waals surface area contributed by atoms with Crippen LogP contribution in [0.3, 0.4) is 0 Å². The maximum Gasteiger partial charge on any atom is 0.232 e. The molecule has 1 aliphatic rings. The molecule has 0 radical (unpaired) electrons. The van der Waals surface area contributed by atoms with Crippen LogP contribution >= 0.6 is 11.3 Å². The van der Waals surface area contributed by atoms with E-state index in [0.29, 0.717) is 6.42 Å². The van der Waals surface area contributed by atoms with Gasteiger partial charge in [0.2, 0.25) is 5.91 Å². The minimum atomic E-state index is -0.115. The van der Waals surface area contributed by atoms with E-state index >= 15 is 0 Å². The molecule has 3 heterocycles. The summed E-state index contributed by atoms with van der Waals surface area (Å²) in [5.41, 5.74) is 3.09. The molecule has 1 aliphatic heterocycles. The molecule has 3 aromatic rings. The van der Waals surface area contributed by atoms with Crippen molar-refractivity contribution < 1.29 is 4.79 Å². The first-order valence-electron chi connectivity index (χ1n) is 6.12. The number of thiazole rings is 1. The Morgan fingerprint density at radius 2 is 2.26 bits per heavy atom. The van der Waals surface area contributed by atoms with Gasteiger partial charge in [0, 0.05) is 29.4 Å². The fourth-order valence-corrected chi connectivity index (χ4v) is 3.32. The summed E-state index contributed by atoms with van der Waals surface area (Å²) >= 11 is 1.60. The summed E-state index contributed by atoms with van der Waals surface area (Å²) in [6.07, 6.45) is 4.54. The Morgan fingerprint density at radius 1 is 1.37 bits per heavy atom. The molecule has 0 spiro atoms. The molecule has 1 N–H and O–H groups in total. The van der Waals surface area contributed by atoms with Gasteiger partial charge in [-0.3, -0.25) is 9.20 Å². The van der Waals surface area contributed by atoms with Crippen molar-refractivity contribution in [2.45, 2.75) is 12.3 Å². The molecule has 0 bridgehead atoms. The van der Waals surface area contributed by atoms with Gasteiger partial charge in [-0.2, -0.15) is 0 Å². The number of para-hydroxylation sites is 1. The van der Waals surface area contributed by atoms with Crippen LogP contribution in [0.4, 0.5) is 5.69 Å². The Hall–Kier alpha value is -2.14. The number of anilines is 1. The summed E-state index contributed by atoms with van der Waals surface area (Å²) in [4.78, 5) is 17.4. The molecule has 0 aliphatic carbocycles. The van der Waals surface area contributed by atoms with Crippen LogP contribution in [-0.4, -0.2) is 15.3 Å². The number of rotatable bonds is 2. The van der Waals surface area contributed by atoms with Gasteiger partial charge in [0.25, 0.3) is 0 Å². The number of fused-ring (bicyclic) bond motifs is 2. The molecule has 2 aromatic heterocycles. The number of hydrogen-bond donors (Lipinski definition) is 1. The first-order valence-corrected chi connectivity index (χ1v) is 7.00. The Kier molecular flexibility index (Phi) is 2.22. The Labute approximate surface area is 113 Å². The van der Waals surface area contributed by atoms with Crippen LogP contribution in [0.15, 0.2) is 42.0 Å². The zero-order chi connectivity index (χ0) is 12.8. The number of amides is 1. The van der Waals surface area contributed by atoms with E-state index < -0.39 is 0 Å². The average molecular weight is 269 g/mol. The minimum Gasteiger partial charge on any atom is -0.325 e. The maximum atomic E-state index is 12.1. The van der Waals surface area contributed by atoms with Gasteiger partial charge in [0.1, 0.15) is 0 Å². The van der Waals surface area contributed by atoms with E-state index in [9.17, 15) is 4.79 Å². The van der Waals surface area contributed by atoms with Crippen molar-refractivity contribution in [3.05, 3.63) is 53.3 Å². The van der Waals surface area contributed by atoms with Crippen LogP contribution in [0.5, 0.6) is 0 Å². The lowest BCUT2D eigenvalue weighted by molar-refractivity contribution is -0.117. The van der Waals surface area contributed by atoms with Gasteiger partial charge in [0.15, 0.2) is 4.96 Å². The maximum absolute atomic E-state index is 12.1. The normalized spacial score (nSPS) is 17.7. The van der Waals surface area contributed by atoms with Gasteiger partial charge in [-0.1, -0.05) is 18.2 Å². The Bertz CT molecular complexity index is 774. The molecule has 5 heteroatoms. The first-order chi connectivity index (χ1) is 9.33. The lowest BCUT2D eigenvalue weighted by atomic mass is 9.96. The number of nitrogens with one attached hydrogen (secondary N) is 1. The van der Waals surface area contributed by atoms with E-state index in [4.69, 9.17) is 0 Å². The van der Waals surface area contributed by atoms with E-state index in [1.807, 2.05) is 42.0 Å². The molecule has 94 valence electrons. The van der Waals surface area contributed by atoms with Gasteiger partial charge in [-0.25, -0.2) is 4.98 Å². The topological polar surface area (TPSA) is 46.4 Å². The Morgan fingerprint density at radius 3 is 3.21 bits per heavy atom. The number of hydrogen-bond acceptors (Lipinski definition) is 3. The number of imidazole rings is 1. The van der Waals surface area contributed by atoms with Crippen LogP contribution in [-0.2, 0) is 11.2 Å². The summed E-state index contributed by atoms with van der Waals surface area (Å²) in [5, 5.41) is 4.94. The third-order valence-corrected chi connectivity index (χ3v) is 4.32. The zero-order valence-electron chi connectivity index (χ0n) is 10.0. The summed E-state index contributed by atoms with van der Waals surface area (Å²) in [6.45, 7) is 0. The highest BCUT2D eigenvalue weighted by Gasteiger charge is 2.30. The minimum absolute atomic E-state index is 0.0754. The summed E-state index contributed by atoms with van der Waals surface area (Å²) < 4.78 is 2.05. The molecule has 19 heavy (non-hydrogen) atoms. The Balaban J connectivity index is 1.74. The predicted octanol–water partition coefficient (Wildman–Crippen LogP) is 2.67. The summed E-state index contributed by atoms with van der Waals surface area (Å²) in [7, 11) is 0. The molecule has 4 rings (SSSR count). The molecule has 1 atom stereocenters. The van der Waals surface area contributed by atoms with Gasteiger partial charge in [0.05, 0.1) is 12.1 Å². The standard InChI is InChI=1S/C14H11N3OS/c18-13-11(10-3-1-2-4-12(10)16-13)7-9-8-15-14-17(9)5-6-19-14/h1-6,8,11H,7H2,(H,16,18). The fourth-order valence-electron chi connectivity index (χ4n) is 2.61. The van der Waals surface area contributed by atoms with E-state index in [0.717, 1.165) is 21.9 Å². The monoisotopic (exact) mass is 269 g/mol. The van der Waals surface area contributed by atoms with E-state index in [-0.39, 0.29) is 11.8 Å². The second kappa shape index (κ2) is 3.93. The quantitative estimate of drug-likeness (QED) is 0.777. The van der Waals surface area contributed by atoms with Crippen LogP contribution in [0, 0.1) is 0 Å². The third kappa shape index (κ3) is 1.58. The molecule has 1 unspecified atom stereocenters. The van der Waals surface area contributed by atoms with E-state index in [1.54, 1.807) is 11.3 Å². The highest BCUT2D eigenvalue weighted by Crippen LogP contribution is 2.34. The van der Waals surface area contributed by atoms with Crippen molar-refractivity contribution in [2.24, 2.45) is 0 Å². The third-order valence-electron chi connectivity index (χ3n) is 3.55. The number of carbonyl (C=O) groups excluding carboxylic acids is 1. The highest BCUT2D eigenvalue weighted by molar-refractivity contribution is 7.15. The molecule has 0 saturated carbocycles. The molecule has 4 nitrogen and oxygen atoms in total. The van der Waals surface area contributed by atoms with Gasteiger partial charge >= 0.3 is 0 Å². The molecular weight excluding hydrogens is 258 g/mol. The highest BCUT2D eigenvalue weighted by atomic mass is 32.1. The van der Waals surface area contributed by atoms with Gasteiger partial charge < -0.3 is 5.32 Å². The number of aromatic nitrogens is 2. The van der Waals surface area contributed by atoms with Crippen LogP contribution in [0.25, 0.3) is 4.96 Å². The van der Waals surface area contributed by atoms with E-state index in [2.05, 4.69) is 14.7 Å². The van der Waals surface area contributed by atoms with Crippen LogP contribution in [0.1, 0.15) is 17.2 Å². The lowest BCUT2D eigenvalue weighted by Crippen LogP contribution is -2.14. The number of carbonyl (C=O) groups is 1. The van der Waals surface area contributed by atoms with E-state index in [1.165, 1.54) is 0 Å².